The smallest absolute Gasteiger partial charge is 0.137 e. The van der Waals surface area contributed by atoms with Gasteiger partial charge in [0.05, 0.1) is 22.4 Å². The third-order valence-electron chi connectivity index (χ3n) is 4.98. The molecule has 132 valence electrons. The summed E-state index contributed by atoms with van der Waals surface area (Å²) >= 11 is 0. The normalized spacial score (nSPS) is 11.5. The predicted octanol–water partition coefficient (Wildman–Crippen LogP) is 5.09. The molecule has 2 aromatic carbocycles. The summed E-state index contributed by atoms with van der Waals surface area (Å²) < 4.78 is 2.18. The standard InChI is InChI=1S/C23H20N4/c1-15-7-9-17(10-8-15)23-20(27-12-11-16(2)13-22(27)26-23)14-21-24-18-5-3-4-6-19(18)25-21/h3-13H,14H2,1-2H3,(H,24,25). The molecule has 0 aliphatic heterocycles. The number of nitrogens with zero attached hydrogens (tertiary/aromatic N) is 3. The number of fused-ring (bicyclic) bond motifs is 2. The number of nitrogens with one attached hydrogen (secondary N) is 1. The quantitative estimate of drug-likeness (QED) is 0.492. The number of hydrogen-bond acceptors (Lipinski definition) is 2. The lowest BCUT2D eigenvalue weighted by atomic mass is 10.1. The first-order valence-corrected chi connectivity index (χ1v) is 9.16. The SMILES string of the molecule is Cc1ccc(-c2nc3cc(C)ccn3c2Cc2nc3ccccc3[nH]2)cc1. The number of benzene rings is 2. The fourth-order valence-corrected chi connectivity index (χ4v) is 3.56. The van der Waals surface area contributed by atoms with Gasteiger partial charge in [-0.05, 0) is 43.7 Å². The zero-order chi connectivity index (χ0) is 18.4. The minimum atomic E-state index is 0.697. The Labute approximate surface area is 157 Å². The second-order valence-electron chi connectivity index (χ2n) is 7.08. The maximum atomic E-state index is 4.94. The summed E-state index contributed by atoms with van der Waals surface area (Å²) in [4.78, 5) is 13.2. The molecule has 0 fully saturated rings. The Bertz CT molecular complexity index is 1230. The van der Waals surface area contributed by atoms with Crippen LogP contribution in [0, 0.1) is 13.8 Å². The molecule has 0 spiro atoms. The van der Waals surface area contributed by atoms with E-state index in [4.69, 9.17) is 9.97 Å². The van der Waals surface area contributed by atoms with Crippen LogP contribution in [-0.4, -0.2) is 19.4 Å². The van der Waals surface area contributed by atoms with Crippen molar-refractivity contribution in [3.8, 4) is 11.3 Å². The fraction of sp³-hybridized carbons (Fsp3) is 0.130. The zero-order valence-electron chi connectivity index (χ0n) is 15.4. The van der Waals surface area contributed by atoms with E-state index in [-0.39, 0.29) is 0 Å². The number of aromatic nitrogens is 4. The Morgan fingerprint density at radius 2 is 1.70 bits per heavy atom. The van der Waals surface area contributed by atoms with Crippen LogP contribution in [0.5, 0.6) is 0 Å². The first-order chi connectivity index (χ1) is 13.2. The monoisotopic (exact) mass is 352 g/mol. The van der Waals surface area contributed by atoms with Crippen LogP contribution < -0.4 is 0 Å². The minimum Gasteiger partial charge on any atom is -0.342 e. The molecule has 3 aromatic heterocycles. The van der Waals surface area contributed by atoms with Crippen molar-refractivity contribution in [3.05, 3.63) is 89.5 Å². The van der Waals surface area contributed by atoms with E-state index in [0.29, 0.717) is 6.42 Å². The molecule has 0 amide bonds. The van der Waals surface area contributed by atoms with E-state index >= 15 is 0 Å². The molecule has 5 rings (SSSR count). The van der Waals surface area contributed by atoms with Crippen LogP contribution in [-0.2, 0) is 6.42 Å². The van der Waals surface area contributed by atoms with E-state index in [1.165, 1.54) is 11.1 Å². The first-order valence-electron chi connectivity index (χ1n) is 9.16. The van der Waals surface area contributed by atoms with E-state index in [9.17, 15) is 0 Å². The summed E-state index contributed by atoms with van der Waals surface area (Å²) in [5.74, 6) is 0.951. The van der Waals surface area contributed by atoms with Crippen molar-refractivity contribution in [2.75, 3.05) is 0 Å². The Hall–Kier alpha value is -3.40. The van der Waals surface area contributed by atoms with Gasteiger partial charge in [0.25, 0.3) is 0 Å². The lowest BCUT2D eigenvalue weighted by Crippen LogP contribution is -1.98. The second-order valence-corrected chi connectivity index (χ2v) is 7.08. The van der Waals surface area contributed by atoms with Crippen molar-refractivity contribution in [3.63, 3.8) is 0 Å². The molecule has 27 heavy (non-hydrogen) atoms. The highest BCUT2D eigenvalue weighted by atomic mass is 15.0. The highest BCUT2D eigenvalue weighted by molar-refractivity contribution is 5.75. The minimum absolute atomic E-state index is 0.697. The van der Waals surface area contributed by atoms with E-state index < -0.39 is 0 Å². The average molecular weight is 352 g/mol. The molecule has 4 nitrogen and oxygen atoms in total. The van der Waals surface area contributed by atoms with Gasteiger partial charge >= 0.3 is 0 Å². The van der Waals surface area contributed by atoms with Crippen LogP contribution in [0.25, 0.3) is 27.9 Å². The van der Waals surface area contributed by atoms with Crippen molar-refractivity contribution < 1.29 is 0 Å². The summed E-state index contributed by atoms with van der Waals surface area (Å²) in [5.41, 5.74) is 8.78. The van der Waals surface area contributed by atoms with Gasteiger partial charge in [0.2, 0.25) is 0 Å². The zero-order valence-corrected chi connectivity index (χ0v) is 15.4. The van der Waals surface area contributed by atoms with E-state index in [2.05, 4.69) is 71.9 Å². The number of aromatic amines is 1. The molecular formula is C23H20N4. The third-order valence-corrected chi connectivity index (χ3v) is 4.98. The molecule has 3 heterocycles. The molecule has 5 aromatic rings. The number of pyridine rings is 1. The van der Waals surface area contributed by atoms with E-state index in [1.54, 1.807) is 0 Å². The fourth-order valence-electron chi connectivity index (χ4n) is 3.56. The summed E-state index contributed by atoms with van der Waals surface area (Å²) in [6.07, 6.45) is 2.80. The Morgan fingerprint density at radius 1 is 0.889 bits per heavy atom. The van der Waals surface area contributed by atoms with Crippen molar-refractivity contribution in [1.82, 2.24) is 19.4 Å². The van der Waals surface area contributed by atoms with E-state index in [1.807, 2.05) is 18.2 Å². The van der Waals surface area contributed by atoms with Gasteiger partial charge in [0, 0.05) is 18.2 Å². The largest absolute Gasteiger partial charge is 0.342 e. The number of aryl methyl sites for hydroxylation is 2. The van der Waals surface area contributed by atoms with Crippen LogP contribution in [0.3, 0.4) is 0 Å². The van der Waals surface area contributed by atoms with Gasteiger partial charge < -0.3 is 9.38 Å². The second kappa shape index (κ2) is 6.09. The summed E-state index contributed by atoms with van der Waals surface area (Å²) in [6.45, 7) is 4.20. The summed E-state index contributed by atoms with van der Waals surface area (Å²) in [6, 6.07) is 20.9. The molecule has 0 aliphatic rings. The van der Waals surface area contributed by atoms with Crippen molar-refractivity contribution in [2.24, 2.45) is 0 Å². The van der Waals surface area contributed by atoms with Gasteiger partial charge in [-0.15, -0.1) is 0 Å². The van der Waals surface area contributed by atoms with Gasteiger partial charge in [-0.25, -0.2) is 9.97 Å². The first kappa shape index (κ1) is 15.8. The van der Waals surface area contributed by atoms with Crippen molar-refractivity contribution in [1.29, 1.82) is 0 Å². The van der Waals surface area contributed by atoms with Crippen LogP contribution in [0.1, 0.15) is 22.6 Å². The molecule has 0 unspecified atom stereocenters. The van der Waals surface area contributed by atoms with Gasteiger partial charge in [-0.2, -0.15) is 0 Å². The van der Waals surface area contributed by atoms with Crippen molar-refractivity contribution >= 4 is 16.7 Å². The summed E-state index contributed by atoms with van der Waals surface area (Å²) in [7, 11) is 0. The molecule has 0 bridgehead atoms. The molecule has 0 atom stereocenters. The van der Waals surface area contributed by atoms with E-state index in [0.717, 1.165) is 39.5 Å². The van der Waals surface area contributed by atoms with Crippen LogP contribution in [0.2, 0.25) is 0 Å². The van der Waals surface area contributed by atoms with Gasteiger partial charge in [0.1, 0.15) is 11.5 Å². The molecule has 0 saturated heterocycles. The molecule has 0 aliphatic carbocycles. The van der Waals surface area contributed by atoms with Crippen LogP contribution in [0.15, 0.2) is 66.9 Å². The summed E-state index contributed by atoms with van der Waals surface area (Å²) in [5, 5.41) is 0. The maximum Gasteiger partial charge on any atom is 0.137 e. The Kier molecular flexibility index (Phi) is 3.57. The highest BCUT2D eigenvalue weighted by Gasteiger charge is 2.16. The molecule has 0 saturated carbocycles. The number of para-hydroxylation sites is 2. The lowest BCUT2D eigenvalue weighted by Gasteiger charge is -2.05. The highest BCUT2D eigenvalue weighted by Crippen LogP contribution is 2.27. The van der Waals surface area contributed by atoms with Gasteiger partial charge in [0.15, 0.2) is 0 Å². The maximum absolute atomic E-state index is 4.94. The Morgan fingerprint density at radius 3 is 2.52 bits per heavy atom. The topological polar surface area (TPSA) is 46.0 Å². The average Bonchev–Trinajstić information content (AvgIpc) is 3.23. The van der Waals surface area contributed by atoms with Crippen molar-refractivity contribution in [2.45, 2.75) is 20.3 Å². The van der Waals surface area contributed by atoms with Crippen LogP contribution >= 0.6 is 0 Å². The third kappa shape index (κ3) is 2.79. The molecular weight excluding hydrogens is 332 g/mol. The number of H-pyrrole nitrogens is 1. The van der Waals surface area contributed by atoms with Crippen LogP contribution in [0.4, 0.5) is 0 Å². The number of imidazole rings is 2. The molecule has 1 N–H and O–H groups in total. The lowest BCUT2D eigenvalue weighted by molar-refractivity contribution is 0.961. The predicted molar refractivity (Wildman–Crippen MR) is 109 cm³/mol. The molecule has 4 heteroatoms. The number of hydrogen-bond donors (Lipinski definition) is 1. The Balaban J connectivity index is 1.68. The van der Waals surface area contributed by atoms with Gasteiger partial charge in [-0.3, -0.25) is 0 Å². The van der Waals surface area contributed by atoms with Gasteiger partial charge in [-0.1, -0.05) is 42.0 Å². The molecule has 0 radical (unpaired) electrons. The number of rotatable bonds is 3.